The van der Waals surface area contributed by atoms with Gasteiger partial charge in [-0.2, -0.15) is 0 Å². The van der Waals surface area contributed by atoms with Gasteiger partial charge in [0.1, 0.15) is 0 Å². The molecule has 0 aliphatic heterocycles. The third-order valence-electron chi connectivity index (χ3n) is 18.2. The van der Waals surface area contributed by atoms with Gasteiger partial charge in [-0.1, -0.05) is 398 Å². The Labute approximate surface area is 509 Å². The summed E-state index contributed by atoms with van der Waals surface area (Å²) in [6.45, 7) is 9.08. The van der Waals surface area contributed by atoms with Crippen molar-refractivity contribution in [3.8, 4) is 0 Å². The summed E-state index contributed by atoms with van der Waals surface area (Å²) < 4.78 is 0. The summed E-state index contributed by atoms with van der Waals surface area (Å²) in [7, 11) is 0. The van der Waals surface area contributed by atoms with Crippen LogP contribution in [0.3, 0.4) is 0 Å². The van der Waals surface area contributed by atoms with E-state index in [1.165, 1.54) is 377 Å². The highest BCUT2D eigenvalue weighted by Crippen LogP contribution is 2.24. The Kier molecular flexibility index (Phi) is 56.3. The Bertz CT molecular complexity index is 1640. The molecule has 0 N–H and O–H groups in total. The first-order valence-electron chi connectivity index (χ1n) is 37.5. The molecule has 2 nitrogen and oxygen atoms in total. The largest absolute Gasteiger partial charge is 0.252 e. The topological polar surface area (TPSA) is 24.7 Å². The van der Waals surface area contributed by atoms with Gasteiger partial charge in [-0.25, -0.2) is 0 Å². The highest BCUT2D eigenvalue weighted by Gasteiger charge is 2.08. The van der Waals surface area contributed by atoms with Crippen LogP contribution in [0.4, 0.5) is 11.4 Å². The van der Waals surface area contributed by atoms with E-state index < -0.39 is 0 Å². The molecule has 0 unspecified atom stereocenters. The average Bonchev–Trinajstić information content (AvgIpc) is 3.52. The number of benzene rings is 2. The van der Waals surface area contributed by atoms with Gasteiger partial charge in [0.05, 0.1) is 22.8 Å². The highest BCUT2D eigenvalue weighted by atomic mass is 14.8. The minimum Gasteiger partial charge on any atom is -0.252 e. The smallest absolute Gasteiger partial charge is 0.0636 e. The standard InChI is InChI=1S/C79H142N2/c1-5-8-11-13-15-17-19-21-23-25-27-29-31-33-35-37-39-41-43-45-47-49-51-53-55-57-59-61-65-75-67-63-69-77(72-75)80-74(4)79(71-10-7-3)81-78-70-64-68-76(73-78)66-62-60-58-56-54-52-50-48-46-44-42-40-38-36-34-32-30-28-26-24-22-20-18-16-14-12-9-6-2/h63-64,67-70,72-73H,5-62,65-66,71H2,1-4H3. The zero-order chi connectivity index (χ0) is 57.7. The molecule has 0 saturated carbocycles. The lowest BCUT2D eigenvalue weighted by atomic mass is 10.0. The lowest BCUT2D eigenvalue weighted by molar-refractivity contribution is 0.514. The van der Waals surface area contributed by atoms with Crippen molar-refractivity contribution in [1.29, 1.82) is 0 Å². The van der Waals surface area contributed by atoms with Crippen molar-refractivity contribution in [3.63, 3.8) is 0 Å². The van der Waals surface area contributed by atoms with Crippen LogP contribution in [0.2, 0.25) is 0 Å². The molecule has 0 spiro atoms. The van der Waals surface area contributed by atoms with Gasteiger partial charge >= 0.3 is 0 Å². The van der Waals surface area contributed by atoms with E-state index in [0.717, 1.165) is 48.5 Å². The highest BCUT2D eigenvalue weighted by molar-refractivity contribution is 6.42. The zero-order valence-electron chi connectivity index (χ0n) is 55.6. The Hall–Kier alpha value is -2.22. The molecule has 2 rings (SSSR count). The van der Waals surface area contributed by atoms with Crippen molar-refractivity contribution in [1.82, 2.24) is 0 Å². The van der Waals surface area contributed by atoms with Crippen molar-refractivity contribution < 1.29 is 0 Å². The zero-order valence-corrected chi connectivity index (χ0v) is 55.6. The molecule has 0 aliphatic carbocycles. The number of nitrogens with zero attached hydrogens (tertiary/aromatic N) is 2. The van der Waals surface area contributed by atoms with Crippen LogP contribution in [0.15, 0.2) is 58.5 Å². The minimum absolute atomic E-state index is 0.981. The Morgan fingerprint density at radius 3 is 0.691 bits per heavy atom. The fraction of sp³-hybridized carbons (Fsp3) is 0.823. The van der Waals surface area contributed by atoms with Crippen molar-refractivity contribution >= 4 is 22.8 Å². The molecule has 0 aliphatic rings. The lowest BCUT2D eigenvalue weighted by Gasteiger charge is -2.09. The summed E-state index contributed by atoms with van der Waals surface area (Å²) in [5.41, 5.74) is 7.24. The van der Waals surface area contributed by atoms with E-state index in [0.29, 0.717) is 0 Å². The maximum absolute atomic E-state index is 5.25. The molecule has 0 atom stereocenters. The van der Waals surface area contributed by atoms with Gasteiger partial charge in [0.2, 0.25) is 0 Å². The van der Waals surface area contributed by atoms with Gasteiger partial charge in [-0.05, 0) is 80.8 Å². The van der Waals surface area contributed by atoms with Gasteiger partial charge in [0.15, 0.2) is 0 Å². The lowest BCUT2D eigenvalue weighted by Crippen LogP contribution is -2.10. The molecule has 468 valence electrons. The van der Waals surface area contributed by atoms with E-state index in [-0.39, 0.29) is 0 Å². The Morgan fingerprint density at radius 1 is 0.247 bits per heavy atom. The van der Waals surface area contributed by atoms with Crippen LogP contribution in [0.1, 0.15) is 418 Å². The van der Waals surface area contributed by atoms with E-state index in [1.807, 2.05) is 0 Å². The van der Waals surface area contributed by atoms with Crippen molar-refractivity contribution in [2.75, 3.05) is 0 Å². The number of rotatable bonds is 64. The van der Waals surface area contributed by atoms with Gasteiger partial charge in [0.25, 0.3) is 0 Å². The fourth-order valence-electron chi connectivity index (χ4n) is 12.6. The normalized spacial score (nSPS) is 12.1. The van der Waals surface area contributed by atoms with Crippen LogP contribution in [0, 0.1) is 0 Å². The van der Waals surface area contributed by atoms with E-state index in [4.69, 9.17) is 9.98 Å². The van der Waals surface area contributed by atoms with Crippen molar-refractivity contribution in [2.45, 2.75) is 419 Å². The maximum Gasteiger partial charge on any atom is 0.0636 e. The summed E-state index contributed by atoms with van der Waals surface area (Å²) in [5, 5.41) is 0. The second-order valence-corrected chi connectivity index (χ2v) is 26.3. The molecular formula is C79H142N2. The molecule has 0 amide bonds. The van der Waals surface area contributed by atoms with Crippen LogP contribution < -0.4 is 0 Å². The minimum atomic E-state index is 0.981. The molecule has 2 heteroatoms. The van der Waals surface area contributed by atoms with Gasteiger partial charge in [0, 0.05) is 0 Å². The predicted octanol–water partition coefficient (Wildman–Crippen LogP) is 28.7. The third-order valence-corrected chi connectivity index (χ3v) is 18.2. The monoisotopic (exact) mass is 1120 g/mol. The molecular weight excluding hydrogens is 977 g/mol. The summed E-state index contributed by atoms with van der Waals surface area (Å²) in [6, 6.07) is 18.1. The van der Waals surface area contributed by atoms with Crippen LogP contribution in [0.5, 0.6) is 0 Å². The molecule has 0 aromatic heterocycles. The number of aliphatic imine (C=N–C) groups is 2. The third kappa shape index (κ3) is 50.8. The van der Waals surface area contributed by atoms with Gasteiger partial charge in [-0.3, -0.25) is 9.98 Å². The maximum atomic E-state index is 5.25. The number of hydrogen-bond acceptors (Lipinski definition) is 2. The summed E-state index contributed by atoms with van der Waals surface area (Å²) in [6.07, 6.45) is 86.7. The van der Waals surface area contributed by atoms with Crippen LogP contribution in [0.25, 0.3) is 0 Å². The first-order chi connectivity index (χ1) is 40.2. The van der Waals surface area contributed by atoms with Gasteiger partial charge in [-0.15, -0.1) is 0 Å². The van der Waals surface area contributed by atoms with Crippen molar-refractivity contribution in [2.24, 2.45) is 9.98 Å². The summed E-state index contributed by atoms with van der Waals surface area (Å²) >= 11 is 0. The molecule has 0 bridgehead atoms. The van der Waals surface area contributed by atoms with Crippen molar-refractivity contribution in [3.05, 3.63) is 59.7 Å². The molecule has 0 heterocycles. The number of unbranched alkanes of at least 4 members (excludes halogenated alkanes) is 55. The Morgan fingerprint density at radius 2 is 0.457 bits per heavy atom. The van der Waals surface area contributed by atoms with E-state index in [1.54, 1.807) is 0 Å². The SMILES string of the molecule is CCCCCCCCCCCCCCCCCCCCCCCCCCCCCCc1cccc(N=C(C)C(CCCC)=Nc2cccc(CCCCCCCCCCCCCCCCCCCCCCCCCCCCCC)c2)c1. The molecule has 0 fully saturated rings. The molecule has 0 radical (unpaired) electrons. The quantitative estimate of drug-likeness (QED) is 0.0466. The van der Waals surface area contributed by atoms with E-state index in [9.17, 15) is 0 Å². The second-order valence-electron chi connectivity index (χ2n) is 26.3. The number of hydrogen-bond donors (Lipinski definition) is 0. The average molecular weight is 1120 g/mol. The molecule has 2 aromatic carbocycles. The van der Waals surface area contributed by atoms with Gasteiger partial charge < -0.3 is 0 Å². The second kappa shape index (κ2) is 60.9. The van der Waals surface area contributed by atoms with Crippen LogP contribution in [-0.2, 0) is 12.8 Å². The Balaban J connectivity index is 1.44. The summed E-state index contributed by atoms with van der Waals surface area (Å²) in [4.78, 5) is 10.4. The fourth-order valence-corrected chi connectivity index (χ4v) is 12.6. The van der Waals surface area contributed by atoms with Crippen LogP contribution >= 0.6 is 0 Å². The van der Waals surface area contributed by atoms with E-state index >= 15 is 0 Å². The summed E-state index contributed by atoms with van der Waals surface area (Å²) in [5.74, 6) is 0. The number of aryl methyl sites for hydroxylation is 2. The molecule has 0 saturated heterocycles. The van der Waals surface area contributed by atoms with Crippen LogP contribution in [-0.4, -0.2) is 11.4 Å². The first-order valence-corrected chi connectivity index (χ1v) is 37.5. The first kappa shape index (κ1) is 74.9. The molecule has 81 heavy (non-hydrogen) atoms. The predicted molar refractivity (Wildman–Crippen MR) is 370 cm³/mol. The molecule has 2 aromatic rings. The van der Waals surface area contributed by atoms with E-state index in [2.05, 4.69) is 76.2 Å².